The molecule has 2 fully saturated rings. The predicted molar refractivity (Wildman–Crippen MR) is 105 cm³/mol. The van der Waals surface area contributed by atoms with Crippen LogP contribution in [0.5, 0.6) is 0 Å². The maximum atomic E-state index is 13.4. The second kappa shape index (κ2) is 8.26. The topological polar surface area (TPSA) is 77.6 Å². The van der Waals surface area contributed by atoms with E-state index in [4.69, 9.17) is 0 Å². The lowest BCUT2D eigenvalue weighted by molar-refractivity contribution is -0.127. The molecule has 0 bridgehead atoms. The SMILES string of the molecule is Cc1nc(C(=O)N2CCN(C3CC(=O)NNC3c3ccccc3)CC2)ccc1F. The molecule has 152 valence electrons. The van der Waals surface area contributed by atoms with Gasteiger partial charge in [0.25, 0.3) is 5.91 Å². The minimum absolute atomic E-state index is 0.00888. The second-order valence-electron chi connectivity index (χ2n) is 7.44. The zero-order chi connectivity index (χ0) is 20.4. The molecule has 0 saturated carbocycles. The average molecular weight is 397 g/mol. The number of rotatable bonds is 3. The molecule has 8 heteroatoms. The number of piperazine rings is 1. The summed E-state index contributed by atoms with van der Waals surface area (Å²) < 4.78 is 13.4. The molecule has 2 aromatic rings. The van der Waals surface area contributed by atoms with Crippen molar-refractivity contribution < 1.29 is 14.0 Å². The summed E-state index contributed by atoms with van der Waals surface area (Å²) in [6, 6.07) is 12.7. The first-order valence-electron chi connectivity index (χ1n) is 9.79. The van der Waals surface area contributed by atoms with Crippen LogP contribution in [0.2, 0.25) is 0 Å². The maximum absolute atomic E-state index is 13.4. The van der Waals surface area contributed by atoms with Crippen molar-refractivity contribution in [3.63, 3.8) is 0 Å². The van der Waals surface area contributed by atoms with Crippen LogP contribution in [0, 0.1) is 12.7 Å². The zero-order valence-electron chi connectivity index (χ0n) is 16.3. The molecule has 2 aliphatic heterocycles. The predicted octanol–water partition coefficient (Wildman–Crippen LogP) is 1.42. The number of hydrogen-bond acceptors (Lipinski definition) is 5. The van der Waals surface area contributed by atoms with Gasteiger partial charge in [-0.25, -0.2) is 14.8 Å². The standard InChI is InChI=1S/C21H24FN5O2/c1-14-16(22)7-8-17(23-14)21(29)27-11-9-26(10-12-27)18-13-19(28)24-25-20(18)15-5-3-2-4-6-15/h2-8,18,20,25H,9-13H2,1H3,(H,24,28). The van der Waals surface area contributed by atoms with Crippen molar-refractivity contribution in [2.24, 2.45) is 0 Å². The molecule has 1 aromatic carbocycles. The number of aromatic nitrogens is 1. The summed E-state index contributed by atoms with van der Waals surface area (Å²) in [5.41, 5.74) is 7.47. The van der Waals surface area contributed by atoms with Crippen molar-refractivity contribution in [1.82, 2.24) is 25.6 Å². The summed E-state index contributed by atoms with van der Waals surface area (Å²) in [6.07, 6.45) is 0.402. The van der Waals surface area contributed by atoms with Gasteiger partial charge in [0.05, 0.1) is 11.7 Å². The molecule has 29 heavy (non-hydrogen) atoms. The second-order valence-corrected chi connectivity index (χ2v) is 7.44. The number of pyridine rings is 1. The number of carbonyl (C=O) groups is 2. The number of benzene rings is 1. The minimum atomic E-state index is -0.415. The lowest BCUT2D eigenvalue weighted by Gasteiger charge is -2.44. The van der Waals surface area contributed by atoms with E-state index in [1.807, 2.05) is 30.3 Å². The van der Waals surface area contributed by atoms with Gasteiger partial charge in [0.15, 0.2) is 0 Å². The molecule has 2 unspecified atom stereocenters. The average Bonchev–Trinajstić information content (AvgIpc) is 2.76. The first-order valence-corrected chi connectivity index (χ1v) is 9.79. The third-order valence-corrected chi connectivity index (χ3v) is 5.62. The number of aryl methyl sites for hydroxylation is 1. The fourth-order valence-electron chi connectivity index (χ4n) is 4.00. The highest BCUT2D eigenvalue weighted by atomic mass is 19.1. The third-order valence-electron chi connectivity index (χ3n) is 5.62. The molecular formula is C21H24FN5O2. The van der Waals surface area contributed by atoms with Crippen LogP contribution < -0.4 is 10.9 Å². The van der Waals surface area contributed by atoms with Crippen molar-refractivity contribution >= 4 is 11.8 Å². The van der Waals surface area contributed by atoms with Gasteiger partial charge in [-0.2, -0.15) is 0 Å². The summed E-state index contributed by atoms with van der Waals surface area (Å²) in [5.74, 6) is -0.639. The number of halogens is 1. The Hall–Kier alpha value is -2.84. The van der Waals surface area contributed by atoms with Crippen molar-refractivity contribution in [2.75, 3.05) is 26.2 Å². The molecule has 0 spiro atoms. The molecule has 3 heterocycles. The molecule has 2 aliphatic rings. The lowest BCUT2D eigenvalue weighted by Crippen LogP contribution is -2.60. The van der Waals surface area contributed by atoms with E-state index in [0.29, 0.717) is 32.6 Å². The van der Waals surface area contributed by atoms with E-state index < -0.39 is 5.82 Å². The largest absolute Gasteiger partial charge is 0.335 e. The van der Waals surface area contributed by atoms with Gasteiger partial charge in [-0.15, -0.1) is 0 Å². The molecule has 0 aliphatic carbocycles. The van der Waals surface area contributed by atoms with Gasteiger partial charge in [0.1, 0.15) is 11.5 Å². The fourth-order valence-corrected chi connectivity index (χ4v) is 4.00. The highest BCUT2D eigenvalue weighted by Gasteiger charge is 2.36. The summed E-state index contributed by atoms with van der Waals surface area (Å²) in [4.78, 5) is 32.8. The van der Waals surface area contributed by atoms with Crippen LogP contribution in [0.25, 0.3) is 0 Å². The normalized spacial score (nSPS) is 23.0. The first-order chi connectivity index (χ1) is 14.0. The Kier molecular flexibility index (Phi) is 5.55. The number of carbonyl (C=O) groups excluding carboxylic acids is 2. The smallest absolute Gasteiger partial charge is 0.272 e. The van der Waals surface area contributed by atoms with Crippen molar-refractivity contribution in [3.8, 4) is 0 Å². The van der Waals surface area contributed by atoms with Crippen LogP contribution >= 0.6 is 0 Å². The Balaban J connectivity index is 1.44. The summed E-state index contributed by atoms with van der Waals surface area (Å²) in [7, 11) is 0. The Morgan fingerprint density at radius 2 is 1.83 bits per heavy atom. The van der Waals surface area contributed by atoms with Crippen LogP contribution in [0.4, 0.5) is 4.39 Å². The quantitative estimate of drug-likeness (QED) is 0.819. The molecule has 7 nitrogen and oxygen atoms in total. The maximum Gasteiger partial charge on any atom is 0.272 e. The minimum Gasteiger partial charge on any atom is -0.335 e. The Morgan fingerprint density at radius 1 is 1.10 bits per heavy atom. The van der Waals surface area contributed by atoms with Crippen LogP contribution in [0.3, 0.4) is 0 Å². The first kappa shape index (κ1) is 19.5. The molecule has 2 atom stereocenters. The van der Waals surface area contributed by atoms with Gasteiger partial charge in [0.2, 0.25) is 5.91 Å². The van der Waals surface area contributed by atoms with Gasteiger partial charge in [0, 0.05) is 38.6 Å². The van der Waals surface area contributed by atoms with Crippen molar-refractivity contribution in [1.29, 1.82) is 0 Å². The molecule has 2 amide bonds. The van der Waals surface area contributed by atoms with E-state index in [0.717, 1.165) is 5.56 Å². The number of nitrogens with one attached hydrogen (secondary N) is 2. The van der Waals surface area contributed by atoms with E-state index in [2.05, 4.69) is 20.7 Å². The molecule has 2 saturated heterocycles. The van der Waals surface area contributed by atoms with Gasteiger partial charge >= 0.3 is 0 Å². The number of hydrazine groups is 1. The number of nitrogens with zero attached hydrogens (tertiary/aromatic N) is 3. The highest BCUT2D eigenvalue weighted by Crippen LogP contribution is 2.26. The van der Waals surface area contributed by atoms with E-state index in [-0.39, 0.29) is 35.3 Å². The fraction of sp³-hybridized carbons (Fsp3) is 0.381. The van der Waals surface area contributed by atoms with Crippen LogP contribution in [-0.4, -0.2) is 58.8 Å². The summed E-state index contributed by atoms with van der Waals surface area (Å²) in [6.45, 7) is 3.95. The summed E-state index contributed by atoms with van der Waals surface area (Å²) in [5, 5.41) is 0. The molecular weight excluding hydrogens is 373 g/mol. The number of hydrogen-bond donors (Lipinski definition) is 2. The van der Waals surface area contributed by atoms with Gasteiger partial charge < -0.3 is 4.90 Å². The van der Waals surface area contributed by atoms with Gasteiger partial charge in [-0.3, -0.25) is 19.9 Å². The van der Waals surface area contributed by atoms with Crippen LogP contribution in [-0.2, 0) is 4.79 Å². The third kappa shape index (κ3) is 4.13. The Morgan fingerprint density at radius 3 is 2.52 bits per heavy atom. The Bertz CT molecular complexity index is 899. The van der Waals surface area contributed by atoms with Crippen molar-refractivity contribution in [3.05, 3.63) is 65.2 Å². The summed E-state index contributed by atoms with van der Waals surface area (Å²) >= 11 is 0. The molecule has 4 rings (SSSR count). The number of amides is 2. The zero-order valence-corrected chi connectivity index (χ0v) is 16.3. The van der Waals surface area contributed by atoms with Crippen LogP contribution in [0.15, 0.2) is 42.5 Å². The van der Waals surface area contributed by atoms with Crippen LogP contribution in [0.1, 0.15) is 34.2 Å². The van der Waals surface area contributed by atoms with E-state index in [9.17, 15) is 14.0 Å². The van der Waals surface area contributed by atoms with Gasteiger partial charge in [-0.05, 0) is 24.6 Å². The van der Waals surface area contributed by atoms with E-state index in [1.165, 1.54) is 12.1 Å². The van der Waals surface area contributed by atoms with Crippen molar-refractivity contribution in [2.45, 2.75) is 25.4 Å². The highest BCUT2D eigenvalue weighted by molar-refractivity contribution is 5.92. The molecule has 2 N–H and O–H groups in total. The Labute approximate surface area is 168 Å². The molecule has 0 radical (unpaired) electrons. The lowest BCUT2D eigenvalue weighted by atomic mass is 9.93. The van der Waals surface area contributed by atoms with Gasteiger partial charge in [-0.1, -0.05) is 30.3 Å². The monoisotopic (exact) mass is 397 g/mol. The van der Waals surface area contributed by atoms with E-state index >= 15 is 0 Å². The van der Waals surface area contributed by atoms with E-state index in [1.54, 1.807) is 11.8 Å². The molecule has 1 aromatic heterocycles.